The summed E-state index contributed by atoms with van der Waals surface area (Å²) in [5, 5.41) is 7.04. The zero-order valence-corrected chi connectivity index (χ0v) is 19.7. The van der Waals surface area contributed by atoms with E-state index in [1.165, 1.54) is 5.56 Å². The Morgan fingerprint density at radius 1 is 1.19 bits per heavy atom. The van der Waals surface area contributed by atoms with Crippen LogP contribution in [-0.4, -0.2) is 45.4 Å². The predicted molar refractivity (Wildman–Crippen MR) is 124 cm³/mol. The molecule has 2 N–H and O–H groups in total. The standard InChI is InChI=1S/C21H35N3O2.HI/c1-6-26-19-9-7-18(8-10-19)21(11-13-25-14-12-21)15-23-20(22-5)24-17(4)16(2)3;/h7-10,16-17H,6,11-15H2,1-5H3,(H2,22,23,24);1H. The van der Waals surface area contributed by atoms with Gasteiger partial charge in [-0.15, -0.1) is 24.0 Å². The molecular formula is C21H36IN3O2. The minimum absolute atomic E-state index is 0. The van der Waals surface area contributed by atoms with Crippen LogP contribution < -0.4 is 15.4 Å². The minimum Gasteiger partial charge on any atom is -0.494 e. The average Bonchev–Trinajstić information content (AvgIpc) is 2.66. The third-order valence-electron chi connectivity index (χ3n) is 5.41. The summed E-state index contributed by atoms with van der Waals surface area (Å²) in [4.78, 5) is 4.40. The Bertz CT molecular complexity index is 569. The average molecular weight is 489 g/mol. The van der Waals surface area contributed by atoms with E-state index >= 15 is 0 Å². The zero-order chi connectivity index (χ0) is 19.0. The number of ether oxygens (including phenoxy) is 2. The molecule has 5 nitrogen and oxygen atoms in total. The van der Waals surface area contributed by atoms with Gasteiger partial charge in [0, 0.05) is 38.3 Å². The number of hydrogen-bond donors (Lipinski definition) is 2. The summed E-state index contributed by atoms with van der Waals surface area (Å²) in [6.45, 7) is 11.7. The van der Waals surface area contributed by atoms with E-state index in [1.54, 1.807) is 0 Å². The topological polar surface area (TPSA) is 54.9 Å². The highest BCUT2D eigenvalue weighted by molar-refractivity contribution is 14.0. The van der Waals surface area contributed by atoms with Crippen molar-refractivity contribution in [3.05, 3.63) is 29.8 Å². The normalized spacial score (nSPS) is 17.8. The molecule has 1 fully saturated rings. The van der Waals surface area contributed by atoms with E-state index in [-0.39, 0.29) is 29.4 Å². The second-order valence-corrected chi connectivity index (χ2v) is 7.45. The van der Waals surface area contributed by atoms with Gasteiger partial charge in [0.1, 0.15) is 5.75 Å². The second kappa shape index (κ2) is 11.7. The Kier molecular flexibility index (Phi) is 10.4. The molecule has 154 valence electrons. The first-order valence-electron chi connectivity index (χ1n) is 9.79. The van der Waals surface area contributed by atoms with Crippen LogP contribution in [0.5, 0.6) is 5.75 Å². The number of hydrogen-bond acceptors (Lipinski definition) is 3. The molecule has 1 saturated heterocycles. The Hall–Kier alpha value is -1.02. The van der Waals surface area contributed by atoms with Crippen molar-refractivity contribution in [3.63, 3.8) is 0 Å². The van der Waals surface area contributed by atoms with Crippen LogP contribution in [0.25, 0.3) is 0 Å². The van der Waals surface area contributed by atoms with Gasteiger partial charge in [-0.3, -0.25) is 4.99 Å². The fourth-order valence-corrected chi connectivity index (χ4v) is 3.23. The monoisotopic (exact) mass is 489 g/mol. The summed E-state index contributed by atoms with van der Waals surface area (Å²) in [5.41, 5.74) is 1.39. The molecule has 0 aromatic heterocycles. The van der Waals surface area contributed by atoms with Gasteiger partial charge in [0.15, 0.2) is 5.96 Å². The maximum Gasteiger partial charge on any atom is 0.191 e. The summed E-state index contributed by atoms with van der Waals surface area (Å²) in [6, 6.07) is 8.92. The number of aliphatic imine (C=N–C) groups is 1. The van der Waals surface area contributed by atoms with Crippen LogP contribution in [0.2, 0.25) is 0 Å². The molecule has 1 atom stereocenters. The molecule has 0 bridgehead atoms. The van der Waals surface area contributed by atoms with Crippen LogP contribution in [-0.2, 0) is 10.2 Å². The number of nitrogens with one attached hydrogen (secondary N) is 2. The molecule has 0 spiro atoms. The third-order valence-corrected chi connectivity index (χ3v) is 5.41. The molecule has 1 aliphatic heterocycles. The minimum atomic E-state index is 0. The van der Waals surface area contributed by atoms with Crippen molar-refractivity contribution in [3.8, 4) is 5.75 Å². The van der Waals surface area contributed by atoms with Gasteiger partial charge in [-0.05, 0) is 50.3 Å². The molecule has 27 heavy (non-hydrogen) atoms. The van der Waals surface area contributed by atoms with E-state index in [2.05, 4.69) is 60.7 Å². The van der Waals surface area contributed by atoms with Gasteiger partial charge in [-0.25, -0.2) is 0 Å². The van der Waals surface area contributed by atoms with Gasteiger partial charge in [0.25, 0.3) is 0 Å². The van der Waals surface area contributed by atoms with Gasteiger partial charge in [0.05, 0.1) is 6.61 Å². The van der Waals surface area contributed by atoms with Gasteiger partial charge in [-0.2, -0.15) is 0 Å². The molecule has 0 aliphatic carbocycles. The Morgan fingerprint density at radius 3 is 2.33 bits per heavy atom. The number of guanidine groups is 1. The van der Waals surface area contributed by atoms with E-state index in [4.69, 9.17) is 9.47 Å². The highest BCUT2D eigenvalue weighted by Gasteiger charge is 2.34. The SMILES string of the molecule is CCOc1ccc(C2(CNC(=NC)NC(C)C(C)C)CCOCC2)cc1.I. The van der Waals surface area contributed by atoms with E-state index in [0.29, 0.717) is 18.6 Å². The van der Waals surface area contributed by atoms with Crippen molar-refractivity contribution >= 4 is 29.9 Å². The third kappa shape index (κ3) is 6.82. The molecule has 1 heterocycles. The number of rotatable bonds is 7. The van der Waals surface area contributed by atoms with Crippen LogP contribution in [0, 0.1) is 5.92 Å². The quantitative estimate of drug-likeness (QED) is 0.346. The Labute approximate surface area is 181 Å². The molecule has 0 saturated carbocycles. The summed E-state index contributed by atoms with van der Waals surface area (Å²) >= 11 is 0. The van der Waals surface area contributed by atoms with E-state index in [9.17, 15) is 0 Å². The lowest BCUT2D eigenvalue weighted by Gasteiger charge is -2.38. The maximum atomic E-state index is 5.64. The molecule has 0 radical (unpaired) electrons. The largest absolute Gasteiger partial charge is 0.494 e. The maximum absolute atomic E-state index is 5.64. The van der Waals surface area contributed by atoms with Crippen LogP contribution in [0.1, 0.15) is 46.1 Å². The molecule has 0 amide bonds. The van der Waals surface area contributed by atoms with E-state index in [1.807, 2.05) is 14.0 Å². The number of benzene rings is 1. The van der Waals surface area contributed by atoms with Crippen molar-refractivity contribution in [1.82, 2.24) is 10.6 Å². The van der Waals surface area contributed by atoms with Gasteiger partial charge in [0.2, 0.25) is 0 Å². The summed E-state index contributed by atoms with van der Waals surface area (Å²) in [6.07, 6.45) is 2.01. The lowest BCUT2D eigenvalue weighted by molar-refractivity contribution is 0.0513. The van der Waals surface area contributed by atoms with E-state index in [0.717, 1.165) is 44.3 Å². The smallest absolute Gasteiger partial charge is 0.191 e. The molecule has 6 heteroatoms. The lowest BCUT2D eigenvalue weighted by atomic mass is 9.74. The second-order valence-electron chi connectivity index (χ2n) is 7.45. The van der Waals surface area contributed by atoms with Crippen LogP contribution in [0.15, 0.2) is 29.3 Å². The lowest BCUT2D eigenvalue weighted by Crippen LogP contribution is -2.50. The Morgan fingerprint density at radius 2 is 1.81 bits per heavy atom. The van der Waals surface area contributed by atoms with Crippen molar-refractivity contribution < 1.29 is 9.47 Å². The van der Waals surface area contributed by atoms with Crippen molar-refractivity contribution in [2.24, 2.45) is 10.9 Å². The molecule has 1 aliphatic rings. The van der Waals surface area contributed by atoms with E-state index < -0.39 is 0 Å². The fraction of sp³-hybridized carbons (Fsp3) is 0.667. The summed E-state index contributed by atoms with van der Waals surface area (Å²) in [7, 11) is 1.83. The first-order chi connectivity index (χ1) is 12.5. The first-order valence-corrected chi connectivity index (χ1v) is 9.79. The van der Waals surface area contributed by atoms with Gasteiger partial charge in [-0.1, -0.05) is 26.0 Å². The number of halogens is 1. The molecule has 1 aromatic rings. The Balaban J connectivity index is 0.00000364. The zero-order valence-electron chi connectivity index (χ0n) is 17.4. The van der Waals surface area contributed by atoms with Crippen molar-refractivity contribution in [2.75, 3.05) is 33.4 Å². The van der Waals surface area contributed by atoms with Crippen LogP contribution >= 0.6 is 24.0 Å². The molecule has 1 unspecified atom stereocenters. The summed E-state index contributed by atoms with van der Waals surface area (Å²) < 4.78 is 11.2. The predicted octanol–water partition coefficient (Wildman–Crippen LogP) is 3.96. The molecule has 2 rings (SSSR count). The van der Waals surface area contributed by atoms with Gasteiger partial charge < -0.3 is 20.1 Å². The van der Waals surface area contributed by atoms with Gasteiger partial charge >= 0.3 is 0 Å². The first kappa shape index (κ1) is 24.0. The van der Waals surface area contributed by atoms with Crippen molar-refractivity contribution in [2.45, 2.75) is 52.0 Å². The van der Waals surface area contributed by atoms with Crippen LogP contribution in [0.4, 0.5) is 0 Å². The highest BCUT2D eigenvalue weighted by atomic mass is 127. The summed E-state index contributed by atoms with van der Waals surface area (Å²) in [5.74, 6) is 2.34. The molecular weight excluding hydrogens is 453 g/mol. The molecule has 1 aromatic carbocycles. The highest BCUT2D eigenvalue weighted by Crippen LogP contribution is 2.35. The number of nitrogens with zero attached hydrogens (tertiary/aromatic N) is 1. The fourth-order valence-electron chi connectivity index (χ4n) is 3.23. The van der Waals surface area contributed by atoms with Crippen LogP contribution in [0.3, 0.4) is 0 Å². The van der Waals surface area contributed by atoms with Crippen molar-refractivity contribution in [1.29, 1.82) is 0 Å².